The average Bonchev–Trinajstić information content (AvgIpc) is 2.56. The number of para-hydroxylation sites is 1. The fourth-order valence-electron chi connectivity index (χ4n) is 4.03. The highest BCUT2D eigenvalue weighted by Crippen LogP contribution is 2.34. The molecule has 0 radical (unpaired) electrons. The molecule has 2 saturated heterocycles. The number of anilines is 1. The van der Waals surface area contributed by atoms with Crippen molar-refractivity contribution in [1.82, 2.24) is 4.90 Å². The molecular formula is C17H23N3O. The molecule has 0 spiro atoms. The highest BCUT2D eigenvalue weighted by molar-refractivity contribution is 6.01. The monoisotopic (exact) mass is 285 g/mol. The zero-order chi connectivity index (χ0) is 14.2. The van der Waals surface area contributed by atoms with E-state index in [0.717, 1.165) is 43.9 Å². The van der Waals surface area contributed by atoms with Gasteiger partial charge in [0.2, 0.25) is 0 Å². The summed E-state index contributed by atoms with van der Waals surface area (Å²) in [6.07, 6.45) is 7.04. The molecule has 0 saturated carbocycles. The van der Waals surface area contributed by atoms with Crippen LogP contribution in [0.4, 0.5) is 5.69 Å². The lowest BCUT2D eigenvalue weighted by Crippen LogP contribution is -2.54. The number of benzene rings is 1. The van der Waals surface area contributed by atoms with Crippen LogP contribution in [0.5, 0.6) is 0 Å². The minimum Gasteiger partial charge on any atom is -0.714 e. The number of likely N-dealkylation sites (tertiary alicyclic amines) is 1. The Hall–Kier alpha value is -1.71. The SMILES string of the molecule is [O-][N+]1=C(N2CCCCC2)c2ccccc2N2CCCCC21. The van der Waals surface area contributed by atoms with Crippen LogP contribution in [0.1, 0.15) is 44.1 Å². The quantitative estimate of drug-likeness (QED) is 0.543. The van der Waals surface area contributed by atoms with Gasteiger partial charge in [0, 0.05) is 13.0 Å². The summed E-state index contributed by atoms with van der Waals surface area (Å²) in [7, 11) is 0. The van der Waals surface area contributed by atoms with Gasteiger partial charge in [0.1, 0.15) is 0 Å². The molecule has 4 rings (SSSR count). The summed E-state index contributed by atoms with van der Waals surface area (Å²) < 4.78 is 1.31. The maximum Gasteiger partial charge on any atom is 0.286 e. The minimum atomic E-state index is 0.00516. The molecule has 1 atom stereocenters. The Kier molecular flexibility index (Phi) is 3.24. The topological polar surface area (TPSA) is 32.6 Å². The van der Waals surface area contributed by atoms with Gasteiger partial charge < -0.3 is 10.1 Å². The molecule has 4 nitrogen and oxygen atoms in total. The molecule has 2 fully saturated rings. The van der Waals surface area contributed by atoms with Gasteiger partial charge in [-0.15, -0.1) is 0 Å². The highest BCUT2D eigenvalue weighted by Gasteiger charge is 2.38. The molecule has 0 aliphatic carbocycles. The summed E-state index contributed by atoms with van der Waals surface area (Å²) in [5.41, 5.74) is 2.39. The molecule has 0 aromatic heterocycles. The van der Waals surface area contributed by atoms with Crippen molar-refractivity contribution >= 4 is 11.5 Å². The first-order valence-electron chi connectivity index (χ1n) is 8.30. The lowest BCUT2D eigenvalue weighted by atomic mass is 9.99. The van der Waals surface area contributed by atoms with Crippen molar-refractivity contribution in [3.8, 4) is 0 Å². The lowest BCUT2D eigenvalue weighted by Gasteiger charge is -2.44. The third-order valence-corrected chi connectivity index (χ3v) is 5.06. The molecule has 0 bridgehead atoms. The van der Waals surface area contributed by atoms with E-state index in [1.165, 1.54) is 36.1 Å². The Morgan fingerprint density at radius 1 is 0.952 bits per heavy atom. The second kappa shape index (κ2) is 5.24. The first-order chi connectivity index (χ1) is 10.4. The van der Waals surface area contributed by atoms with E-state index in [1.54, 1.807) is 0 Å². The Balaban J connectivity index is 1.82. The molecular weight excluding hydrogens is 262 g/mol. The average molecular weight is 285 g/mol. The molecule has 4 heteroatoms. The van der Waals surface area contributed by atoms with Gasteiger partial charge in [-0.1, -0.05) is 12.1 Å². The van der Waals surface area contributed by atoms with Gasteiger partial charge >= 0.3 is 0 Å². The summed E-state index contributed by atoms with van der Waals surface area (Å²) in [4.78, 5) is 4.64. The zero-order valence-electron chi connectivity index (χ0n) is 12.5. The van der Waals surface area contributed by atoms with Crippen molar-refractivity contribution in [1.29, 1.82) is 0 Å². The van der Waals surface area contributed by atoms with Crippen molar-refractivity contribution in [2.45, 2.75) is 44.7 Å². The number of hydroxylamine groups is 1. The van der Waals surface area contributed by atoms with E-state index in [9.17, 15) is 5.21 Å². The van der Waals surface area contributed by atoms with E-state index >= 15 is 0 Å². The van der Waals surface area contributed by atoms with Crippen LogP contribution in [-0.4, -0.2) is 41.3 Å². The smallest absolute Gasteiger partial charge is 0.286 e. The maximum atomic E-state index is 13.0. The standard InChI is InChI=1S/C17H23N3O/c21-20-16-10-4-7-13-19(16)15-9-3-2-8-14(15)17(20)18-11-5-1-6-12-18/h2-3,8-9,16H,1,4-7,10-13H2. The minimum absolute atomic E-state index is 0.00516. The second-order valence-corrected chi connectivity index (χ2v) is 6.38. The molecule has 0 N–H and O–H groups in total. The van der Waals surface area contributed by atoms with Crippen LogP contribution in [0.25, 0.3) is 0 Å². The van der Waals surface area contributed by atoms with E-state index in [-0.39, 0.29) is 6.17 Å². The van der Waals surface area contributed by atoms with Crippen LogP contribution in [0, 0.1) is 5.21 Å². The molecule has 112 valence electrons. The first-order valence-corrected chi connectivity index (χ1v) is 8.30. The van der Waals surface area contributed by atoms with Crippen LogP contribution < -0.4 is 4.90 Å². The van der Waals surface area contributed by atoms with E-state index in [0.29, 0.717) is 0 Å². The molecule has 21 heavy (non-hydrogen) atoms. The summed E-state index contributed by atoms with van der Waals surface area (Å²) in [6.45, 7) is 3.05. The Morgan fingerprint density at radius 2 is 1.71 bits per heavy atom. The van der Waals surface area contributed by atoms with Gasteiger partial charge in [-0.3, -0.25) is 4.90 Å². The first kappa shape index (κ1) is 13.0. The number of hydrogen-bond donors (Lipinski definition) is 0. The second-order valence-electron chi connectivity index (χ2n) is 6.38. The van der Waals surface area contributed by atoms with Crippen LogP contribution in [0.15, 0.2) is 24.3 Å². The largest absolute Gasteiger partial charge is 0.714 e. The number of hydrogen-bond acceptors (Lipinski definition) is 3. The number of rotatable bonds is 0. The number of fused-ring (bicyclic) bond motifs is 3. The van der Waals surface area contributed by atoms with Crippen molar-refractivity contribution in [2.75, 3.05) is 24.5 Å². The van der Waals surface area contributed by atoms with E-state index in [4.69, 9.17) is 0 Å². The summed E-state index contributed by atoms with van der Waals surface area (Å²) in [6, 6.07) is 8.46. The number of piperidine rings is 2. The third-order valence-electron chi connectivity index (χ3n) is 5.06. The Morgan fingerprint density at radius 3 is 2.57 bits per heavy atom. The lowest BCUT2D eigenvalue weighted by molar-refractivity contribution is -0.509. The van der Waals surface area contributed by atoms with Crippen molar-refractivity contribution < 1.29 is 4.74 Å². The molecule has 1 aromatic carbocycles. The van der Waals surface area contributed by atoms with Crippen LogP contribution in [0.3, 0.4) is 0 Å². The third kappa shape index (κ3) is 2.08. The van der Waals surface area contributed by atoms with Crippen LogP contribution in [0.2, 0.25) is 0 Å². The molecule has 3 heterocycles. The normalized spacial score (nSPS) is 25.6. The van der Waals surface area contributed by atoms with Crippen molar-refractivity contribution in [3.63, 3.8) is 0 Å². The van der Waals surface area contributed by atoms with Gasteiger partial charge in [-0.2, -0.15) is 0 Å². The predicted molar refractivity (Wildman–Crippen MR) is 84.6 cm³/mol. The zero-order valence-corrected chi connectivity index (χ0v) is 12.5. The molecule has 3 aliphatic heterocycles. The van der Waals surface area contributed by atoms with Gasteiger partial charge in [-0.05, 0) is 44.2 Å². The molecule has 1 aromatic rings. The van der Waals surface area contributed by atoms with Crippen LogP contribution in [-0.2, 0) is 0 Å². The summed E-state index contributed by atoms with van der Waals surface area (Å²) in [5.74, 6) is 0.924. The summed E-state index contributed by atoms with van der Waals surface area (Å²) in [5, 5.41) is 13.0. The predicted octanol–water partition coefficient (Wildman–Crippen LogP) is 2.76. The van der Waals surface area contributed by atoms with E-state index in [1.807, 2.05) is 0 Å². The molecule has 1 unspecified atom stereocenters. The molecule has 0 amide bonds. The summed E-state index contributed by atoms with van der Waals surface area (Å²) >= 11 is 0. The Labute approximate surface area is 126 Å². The van der Waals surface area contributed by atoms with Gasteiger partial charge in [0.05, 0.1) is 24.3 Å². The maximum absolute atomic E-state index is 13.0. The number of nitrogens with zero attached hydrogens (tertiary/aromatic N) is 3. The van der Waals surface area contributed by atoms with Gasteiger partial charge in [0.15, 0.2) is 6.17 Å². The number of amidine groups is 1. The van der Waals surface area contributed by atoms with Crippen molar-refractivity contribution in [3.05, 3.63) is 35.0 Å². The highest BCUT2D eigenvalue weighted by atomic mass is 16.5. The van der Waals surface area contributed by atoms with Crippen molar-refractivity contribution in [2.24, 2.45) is 0 Å². The molecule has 3 aliphatic rings. The van der Waals surface area contributed by atoms with Gasteiger partial charge in [0.25, 0.3) is 5.84 Å². The van der Waals surface area contributed by atoms with Crippen LogP contribution >= 0.6 is 0 Å². The van der Waals surface area contributed by atoms with E-state index in [2.05, 4.69) is 34.1 Å². The fourth-order valence-corrected chi connectivity index (χ4v) is 4.03. The fraction of sp³-hybridized carbons (Fsp3) is 0.588. The van der Waals surface area contributed by atoms with E-state index < -0.39 is 0 Å². The Bertz CT molecular complexity index is 563. The van der Waals surface area contributed by atoms with Gasteiger partial charge in [-0.25, -0.2) is 4.74 Å².